The number of hydrogen-bond acceptors (Lipinski definition) is 6. The Balaban J connectivity index is 1.61. The molecule has 2 N–H and O–H groups in total. The van der Waals surface area contributed by atoms with E-state index in [-0.39, 0.29) is 17.1 Å². The zero-order valence-corrected chi connectivity index (χ0v) is 13.7. The quantitative estimate of drug-likeness (QED) is 0.878. The lowest BCUT2D eigenvalue weighted by molar-refractivity contribution is 0.0423. The van der Waals surface area contributed by atoms with Crippen molar-refractivity contribution in [1.29, 1.82) is 0 Å². The van der Waals surface area contributed by atoms with Gasteiger partial charge >= 0.3 is 0 Å². The number of carbonyl (C=O) groups excluding carboxylic acids is 1. The fourth-order valence-electron chi connectivity index (χ4n) is 2.31. The van der Waals surface area contributed by atoms with Crippen molar-refractivity contribution in [1.82, 2.24) is 10.3 Å². The van der Waals surface area contributed by atoms with E-state index in [4.69, 9.17) is 4.74 Å². The molecule has 22 heavy (non-hydrogen) atoms. The minimum absolute atomic E-state index is 0.187. The number of carbonyl (C=O) groups is 1. The van der Waals surface area contributed by atoms with Gasteiger partial charge in [-0.3, -0.25) is 4.79 Å². The van der Waals surface area contributed by atoms with Crippen LogP contribution in [0, 0.1) is 5.13 Å². The van der Waals surface area contributed by atoms with Crippen molar-refractivity contribution in [2.24, 2.45) is 0 Å². The number of halogens is 1. The second kappa shape index (κ2) is 6.72. The highest BCUT2D eigenvalue weighted by Crippen LogP contribution is 2.32. The Bertz CT molecular complexity index is 671. The monoisotopic (exact) mass is 341 g/mol. The Morgan fingerprint density at radius 3 is 3.23 bits per heavy atom. The number of ether oxygens (including phenoxy) is 1. The Kier molecular flexibility index (Phi) is 4.70. The second-order valence-corrected chi connectivity index (χ2v) is 6.93. The van der Waals surface area contributed by atoms with E-state index >= 15 is 0 Å². The topological polar surface area (TPSA) is 63.2 Å². The molecule has 1 unspecified atom stereocenters. The number of fused-ring (bicyclic) bond motifs is 1. The summed E-state index contributed by atoms with van der Waals surface area (Å²) in [4.78, 5) is 17.8. The molecule has 0 bridgehead atoms. The molecule has 0 aliphatic carbocycles. The van der Waals surface area contributed by atoms with Crippen LogP contribution in [0.25, 0.3) is 0 Å². The number of amides is 1. The summed E-state index contributed by atoms with van der Waals surface area (Å²) in [5, 5.41) is 6.42. The lowest BCUT2D eigenvalue weighted by Gasteiger charge is -2.23. The molecule has 0 spiro atoms. The van der Waals surface area contributed by atoms with Crippen molar-refractivity contribution < 1.29 is 13.9 Å². The van der Waals surface area contributed by atoms with E-state index in [1.807, 2.05) is 6.92 Å². The van der Waals surface area contributed by atoms with Gasteiger partial charge in [0.25, 0.3) is 5.91 Å². The van der Waals surface area contributed by atoms with Crippen molar-refractivity contribution in [2.75, 3.05) is 25.0 Å². The highest BCUT2D eigenvalue weighted by atomic mass is 32.1. The first-order valence-corrected chi connectivity index (χ1v) is 8.68. The molecule has 1 atom stereocenters. The van der Waals surface area contributed by atoms with E-state index in [1.165, 1.54) is 17.4 Å². The van der Waals surface area contributed by atoms with Crippen LogP contribution in [0.2, 0.25) is 0 Å². The Hall–Kier alpha value is -1.51. The number of hydrogen-bond donors (Lipinski definition) is 2. The van der Waals surface area contributed by atoms with Crippen LogP contribution < -0.4 is 10.6 Å². The molecule has 0 aromatic carbocycles. The predicted octanol–water partition coefficient (Wildman–Crippen LogP) is 2.82. The van der Waals surface area contributed by atoms with Crippen LogP contribution in [-0.4, -0.2) is 30.6 Å². The molecule has 3 rings (SSSR count). The number of thiophene rings is 1. The summed E-state index contributed by atoms with van der Waals surface area (Å²) in [5.74, 6) is -0.187. The summed E-state index contributed by atoms with van der Waals surface area (Å²) in [7, 11) is 0. The first kappa shape index (κ1) is 15.4. The molecule has 8 heteroatoms. The summed E-state index contributed by atoms with van der Waals surface area (Å²) in [6.45, 7) is 3.62. The van der Waals surface area contributed by atoms with Crippen LogP contribution in [0.4, 0.5) is 9.52 Å². The summed E-state index contributed by atoms with van der Waals surface area (Å²) < 4.78 is 19.0. The highest BCUT2D eigenvalue weighted by molar-refractivity contribution is 7.17. The third kappa shape index (κ3) is 3.29. The van der Waals surface area contributed by atoms with Crippen molar-refractivity contribution >= 4 is 33.7 Å². The van der Waals surface area contributed by atoms with Gasteiger partial charge in [0.05, 0.1) is 12.8 Å². The van der Waals surface area contributed by atoms with E-state index in [9.17, 15) is 9.18 Å². The van der Waals surface area contributed by atoms with Gasteiger partial charge in [0.15, 0.2) is 10.3 Å². The number of thiazole rings is 1. The SMILES string of the molecule is CCNc1ncc(C(=O)NCC2OCCc3sc(F)cc32)s1. The van der Waals surface area contributed by atoms with Gasteiger partial charge in [0, 0.05) is 24.4 Å². The molecule has 3 heterocycles. The first-order chi connectivity index (χ1) is 10.7. The maximum absolute atomic E-state index is 13.4. The van der Waals surface area contributed by atoms with Crippen molar-refractivity contribution in [3.05, 3.63) is 32.7 Å². The van der Waals surface area contributed by atoms with Gasteiger partial charge in [-0.25, -0.2) is 4.98 Å². The van der Waals surface area contributed by atoms with Gasteiger partial charge in [0.2, 0.25) is 0 Å². The average molecular weight is 341 g/mol. The van der Waals surface area contributed by atoms with Gasteiger partial charge in [-0.05, 0) is 18.6 Å². The van der Waals surface area contributed by atoms with Gasteiger partial charge in [0.1, 0.15) is 11.0 Å². The minimum Gasteiger partial charge on any atom is -0.371 e. The zero-order chi connectivity index (χ0) is 15.5. The third-order valence-electron chi connectivity index (χ3n) is 3.31. The molecule has 1 amide bonds. The summed E-state index contributed by atoms with van der Waals surface area (Å²) in [6.07, 6.45) is 2.00. The molecule has 0 radical (unpaired) electrons. The molecular weight excluding hydrogens is 325 g/mol. The molecule has 1 aliphatic rings. The van der Waals surface area contributed by atoms with Crippen LogP contribution in [-0.2, 0) is 11.2 Å². The molecule has 118 valence electrons. The predicted molar refractivity (Wildman–Crippen MR) is 85.3 cm³/mol. The van der Waals surface area contributed by atoms with Gasteiger partial charge in [-0.2, -0.15) is 4.39 Å². The minimum atomic E-state index is -0.283. The zero-order valence-electron chi connectivity index (χ0n) is 12.0. The number of anilines is 1. The number of rotatable bonds is 5. The van der Waals surface area contributed by atoms with E-state index < -0.39 is 0 Å². The Morgan fingerprint density at radius 2 is 2.41 bits per heavy atom. The van der Waals surface area contributed by atoms with E-state index in [0.29, 0.717) is 18.0 Å². The van der Waals surface area contributed by atoms with E-state index in [1.54, 1.807) is 6.20 Å². The standard InChI is InChI=1S/C14H16FN3O2S2/c1-2-16-14-18-7-11(22-14)13(19)17-6-9-8-5-12(15)21-10(8)3-4-20-9/h5,7,9H,2-4,6H2,1H3,(H,16,18)(H,17,19). The molecule has 0 saturated carbocycles. The van der Waals surface area contributed by atoms with Crippen LogP contribution in [0.3, 0.4) is 0 Å². The first-order valence-electron chi connectivity index (χ1n) is 7.05. The van der Waals surface area contributed by atoms with Gasteiger partial charge in [-0.15, -0.1) is 11.3 Å². The fraction of sp³-hybridized carbons (Fsp3) is 0.429. The number of nitrogens with zero attached hydrogens (tertiary/aromatic N) is 1. The van der Waals surface area contributed by atoms with Gasteiger partial charge < -0.3 is 15.4 Å². The number of nitrogens with one attached hydrogen (secondary N) is 2. The molecular formula is C14H16FN3O2S2. The van der Waals surface area contributed by atoms with Crippen molar-refractivity contribution in [3.63, 3.8) is 0 Å². The molecule has 0 saturated heterocycles. The molecule has 0 fully saturated rings. The normalized spacial score (nSPS) is 17.1. The highest BCUT2D eigenvalue weighted by Gasteiger charge is 2.24. The maximum atomic E-state index is 13.4. The molecule has 2 aromatic heterocycles. The molecule has 5 nitrogen and oxygen atoms in total. The largest absolute Gasteiger partial charge is 0.371 e. The molecule has 2 aromatic rings. The Labute approximate surface area is 135 Å². The maximum Gasteiger partial charge on any atom is 0.263 e. The third-order valence-corrected chi connectivity index (χ3v) is 5.27. The van der Waals surface area contributed by atoms with Crippen molar-refractivity contribution in [3.8, 4) is 0 Å². The molecule has 1 aliphatic heterocycles. The summed E-state index contributed by atoms with van der Waals surface area (Å²) in [5.41, 5.74) is 0.853. The van der Waals surface area contributed by atoms with Crippen LogP contribution in [0.1, 0.15) is 33.1 Å². The lowest BCUT2D eigenvalue weighted by Crippen LogP contribution is -2.31. The lowest BCUT2D eigenvalue weighted by atomic mass is 10.1. The van der Waals surface area contributed by atoms with Gasteiger partial charge in [-0.1, -0.05) is 11.3 Å². The van der Waals surface area contributed by atoms with Crippen LogP contribution in [0.15, 0.2) is 12.3 Å². The van der Waals surface area contributed by atoms with Crippen LogP contribution >= 0.6 is 22.7 Å². The summed E-state index contributed by atoms with van der Waals surface area (Å²) >= 11 is 2.47. The Morgan fingerprint density at radius 1 is 1.55 bits per heavy atom. The van der Waals surface area contributed by atoms with E-state index in [2.05, 4.69) is 15.6 Å². The number of aromatic nitrogens is 1. The van der Waals surface area contributed by atoms with Crippen molar-refractivity contribution in [2.45, 2.75) is 19.4 Å². The van der Waals surface area contributed by atoms with E-state index in [0.717, 1.165) is 39.9 Å². The fourth-order valence-corrected chi connectivity index (χ4v) is 4.03. The smallest absolute Gasteiger partial charge is 0.263 e. The van der Waals surface area contributed by atoms with Crippen LogP contribution in [0.5, 0.6) is 0 Å². The summed E-state index contributed by atoms with van der Waals surface area (Å²) in [6, 6.07) is 1.51. The second-order valence-electron chi connectivity index (χ2n) is 4.81. The average Bonchev–Trinajstić information content (AvgIpc) is 3.11.